The molecule has 0 bridgehead atoms. The van der Waals surface area contributed by atoms with Crippen molar-refractivity contribution in [3.8, 4) is 17.1 Å². The van der Waals surface area contributed by atoms with E-state index in [1.807, 2.05) is 24.3 Å². The molecule has 0 aliphatic rings. The minimum Gasteiger partial charge on any atom is -0.497 e. The molecule has 118 valence electrons. The van der Waals surface area contributed by atoms with Crippen LogP contribution < -0.4 is 4.74 Å². The number of carbonyl (C=O) groups is 1. The SMILES string of the molecule is COc1ccc(-c2cc(COC(=O)c3snnc3C)no2)cc1. The lowest BCUT2D eigenvalue weighted by molar-refractivity contribution is 0.0469. The number of aryl methyl sites for hydroxylation is 1. The van der Waals surface area contributed by atoms with E-state index in [1.54, 1.807) is 20.1 Å². The highest BCUT2D eigenvalue weighted by molar-refractivity contribution is 7.07. The van der Waals surface area contributed by atoms with Gasteiger partial charge in [-0.1, -0.05) is 9.64 Å². The number of rotatable bonds is 5. The van der Waals surface area contributed by atoms with Gasteiger partial charge >= 0.3 is 5.97 Å². The average Bonchev–Trinajstić information content (AvgIpc) is 3.22. The van der Waals surface area contributed by atoms with E-state index < -0.39 is 5.97 Å². The van der Waals surface area contributed by atoms with Crippen LogP contribution in [0.5, 0.6) is 5.75 Å². The Morgan fingerprint density at radius 1 is 1.30 bits per heavy atom. The summed E-state index contributed by atoms with van der Waals surface area (Å²) in [5.41, 5.74) is 1.94. The van der Waals surface area contributed by atoms with Crippen molar-refractivity contribution in [1.29, 1.82) is 0 Å². The summed E-state index contributed by atoms with van der Waals surface area (Å²) in [4.78, 5) is 12.3. The van der Waals surface area contributed by atoms with Crippen LogP contribution in [0.15, 0.2) is 34.9 Å². The smallest absolute Gasteiger partial charge is 0.352 e. The van der Waals surface area contributed by atoms with E-state index in [9.17, 15) is 4.79 Å². The number of carbonyl (C=O) groups excluding carboxylic acids is 1. The van der Waals surface area contributed by atoms with Gasteiger partial charge in [-0.2, -0.15) is 0 Å². The maximum Gasteiger partial charge on any atom is 0.352 e. The molecular formula is C15H13N3O4S. The first-order valence-corrected chi connectivity index (χ1v) is 7.51. The van der Waals surface area contributed by atoms with Crippen molar-refractivity contribution < 1.29 is 18.8 Å². The monoisotopic (exact) mass is 331 g/mol. The van der Waals surface area contributed by atoms with Gasteiger partial charge in [-0.3, -0.25) is 0 Å². The van der Waals surface area contributed by atoms with Gasteiger partial charge in [-0.15, -0.1) is 5.10 Å². The number of methoxy groups -OCH3 is 1. The molecule has 0 amide bonds. The maximum absolute atomic E-state index is 11.9. The maximum atomic E-state index is 11.9. The summed E-state index contributed by atoms with van der Waals surface area (Å²) >= 11 is 1.01. The number of ether oxygens (including phenoxy) is 2. The van der Waals surface area contributed by atoms with Gasteiger partial charge in [0, 0.05) is 11.6 Å². The van der Waals surface area contributed by atoms with E-state index in [2.05, 4.69) is 14.7 Å². The van der Waals surface area contributed by atoms with Gasteiger partial charge in [0.05, 0.1) is 12.8 Å². The topological polar surface area (TPSA) is 87.3 Å². The number of esters is 1. The zero-order chi connectivity index (χ0) is 16.2. The Morgan fingerprint density at radius 3 is 2.74 bits per heavy atom. The lowest BCUT2D eigenvalue weighted by Crippen LogP contribution is -2.05. The van der Waals surface area contributed by atoms with Crippen molar-refractivity contribution in [2.75, 3.05) is 7.11 Å². The standard InChI is InChI=1S/C15H13N3O4S/c1-9-14(23-18-16-9)15(19)21-8-11-7-13(22-17-11)10-3-5-12(20-2)6-4-10/h3-7H,8H2,1-2H3. The van der Waals surface area contributed by atoms with E-state index >= 15 is 0 Å². The molecule has 0 spiro atoms. The average molecular weight is 331 g/mol. The van der Waals surface area contributed by atoms with Crippen LogP contribution in [0.2, 0.25) is 0 Å². The zero-order valence-corrected chi connectivity index (χ0v) is 13.3. The Hall–Kier alpha value is -2.74. The Labute approximate surface area is 136 Å². The fraction of sp³-hybridized carbons (Fsp3) is 0.200. The van der Waals surface area contributed by atoms with Crippen LogP contribution in [0.4, 0.5) is 0 Å². The Kier molecular flexibility index (Phi) is 4.33. The van der Waals surface area contributed by atoms with E-state index in [1.165, 1.54) is 0 Å². The van der Waals surface area contributed by atoms with Crippen LogP contribution in [0.3, 0.4) is 0 Å². The molecule has 3 rings (SSSR count). The number of aromatic nitrogens is 3. The van der Waals surface area contributed by atoms with E-state index in [0.717, 1.165) is 22.8 Å². The lowest BCUT2D eigenvalue weighted by Gasteiger charge is -2.00. The number of hydrogen-bond acceptors (Lipinski definition) is 8. The second kappa shape index (κ2) is 6.57. The van der Waals surface area contributed by atoms with Gasteiger partial charge in [-0.25, -0.2) is 4.79 Å². The van der Waals surface area contributed by atoms with Crippen molar-refractivity contribution in [2.45, 2.75) is 13.5 Å². The zero-order valence-electron chi connectivity index (χ0n) is 12.5. The van der Waals surface area contributed by atoms with Crippen LogP contribution in [-0.4, -0.2) is 27.8 Å². The van der Waals surface area contributed by atoms with Crippen LogP contribution >= 0.6 is 11.5 Å². The third-order valence-electron chi connectivity index (χ3n) is 3.12. The van der Waals surface area contributed by atoms with Gasteiger partial charge in [0.2, 0.25) is 0 Å². The molecule has 7 nitrogen and oxygen atoms in total. The van der Waals surface area contributed by atoms with Crippen LogP contribution in [0.1, 0.15) is 21.1 Å². The molecular weight excluding hydrogens is 318 g/mol. The third-order valence-corrected chi connectivity index (χ3v) is 3.93. The first kappa shape index (κ1) is 15.2. The van der Waals surface area contributed by atoms with Gasteiger partial charge in [0.25, 0.3) is 0 Å². The largest absolute Gasteiger partial charge is 0.497 e. The van der Waals surface area contributed by atoms with Crippen molar-refractivity contribution >= 4 is 17.5 Å². The van der Waals surface area contributed by atoms with Crippen LogP contribution in [0.25, 0.3) is 11.3 Å². The number of hydrogen-bond donors (Lipinski definition) is 0. The first-order chi connectivity index (χ1) is 11.2. The Bertz CT molecular complexity index is 810. The predicted octanol–water partition coefficient (Wildman–Crippen LogP) is 2.87. The summed E-state index contributed by atoms with van der Waals surface area (Å²) in [6.07, 6.45) is 0. The molecule has 0 N–H and O–H groups in total. The molecule has 2 heterocycles. The number of benzene rings is 1. The van der Waals surface area contributed by atoms with E-state index in [-0.39, 0.29) is 6.61 Å². The quantitative estimate of drug-likeness (QED) is 0.664. The first-order valence-electron chi connectivity index (χ1n) is 6.73. The molecule has 8 heteroatoms. The molecule has 23 heavy (non-hydrogen) atoms. The predicted molar refractivity (Wildman–Crippen MR) is 82.3 cm³/mol. The summed E-state index contributed by atoms with van der Waals surface area (Å²) in [5.74, 6) is 0.886. The second-order valence-corrected chi connectivity index (χ2v) is 5.43. The highest BCUT2D eigenvalue weighted by Crippen LogP contribution is 2.23. The molecule has 0 aliphatic carbocycles. The molecule has 2 aromatic heterocycles. The molecule has 1 aromatic carbocycles. The van der Waals surface area contributed by atoms with Crippen molar-refractivity contribution in [3.63, 3.8) is 0 Å². The van der Waals surface area contributed by atoms with Gasteiger partial charge in [0.15, 0.2) is 10.6 Å². The van der Waals surface area contributed by atoms with E-state index in [0.29, 0.717) is 22.0 Å². The third kappa shape index (κ3) is 3.37. The molecule has 0 fully saturated rings. The molecule has 0 unspecified atom stereocenters. The van der Waals surface area contributed by atoms with Crippen molar-refractivity contribution in [1.82, 2.24) is 14.7 Å². The Balaban J connectivity index is 1.65. The minimum atomic E-state index is -0.466. The second-order valence-electron chi connectivity index (χ2n) is 4.67. The normalized spacial score (nSPS) is 10.5. The lowest BCUT2D eigenvalue weighted by atomic mass is 10.1. The molecule has 0 atom stereocenters. The van der Waals surface area contributed by atoms with Gasteiger partial charge < -0.3 is 14.0 Å². The highest BCUT2D eigenvalue weighted by atomic mass is 32.1. The minimum absolute atomic E-state index is 0.0236. The van der Waals surface area contributed by atoms with Crippen LogP contribution in [0, 0.1) is 6.92 Å². The summed E-state index contributed by atoms with van der Waals surface area (Å²) in [6, 6.07) is 9.12. The molecule has 0 radical (unpaired) electrons. The van der Waals surface area contributed by atoms with E-state index in [4.69, 9.17) is 14.0 Å². The summed E-state index contributed by atoms with van der Waals surface area (Å²) in [6.45, 7) is 1.73. The molecule has 3 aromatic rings. The van der Waals surface area contributed by atoms with Crippen LogP contribution in [-0.2, 0) is 11.3 Å². The molecule has 0 saturated carbocycles. The van der Waals surface area contributed by atoms with Gasteiger partial charge in [0.1, 0.15) is 18.1 Å². The van der Waals surface area contributed by atoms with Crippen molar-refractivity contribution in [3.05, 3.63) is 46.6 Å². The fourth-order valence-electron chi connectivity index (χ4n) is 1.90. The Morgan fingerprint density at radius 2 is 2.09 bits per heavy atom. The molecule has 0 saturated heterocycles. The highest BCUT2D eigenvalue weighted by Gasteiger charge is 2.16. The fourth-order valence-corrected chi connectivity index (χ4v) is 2.45. The molecule has 0 aliphatic heterocycles. The van der Waals surface area contributed by atoms with Gasteiger partial charge in [-0.05, 0) is 42.7 Å². The summed E-state index contributed by atoms with van der Waals surface area (Å²) in [7, 11) is 1.61. The summed E-state index contributed by atoms with van der Waals surface area (Å²) in [5, 5.41) is 7.67. The summed E-state index contributed by atoms with van der Waals surface area (Å²) < 4.78 is 19.3. The number of nitrogens with zero attached hydrogens (tertiary/aromatic N) is 3. The van der Waals surface area contributed by atoms with Crippen molar-refractivity contribution in [2.24, 2.45) is 0 Å².